The molecule has 0 spiro atoms. The molecule has 3 heterocycles. The van der Waals surface area contributed by atoms with Gasteiger partial charge in [-0.25, -0.2) is 4.98 Å². The molecule has 2 fully saturated rings. The molecule has 0 atom stereocenters. The smallest absolute Gasteiger partial charge is 0.225 e. The first kappa shape index (κ1) is 24.0. The number of piperidine rings is 1. The van der Waals surface area contributed by atoms with Gasteiger partial charge in [-0.2, -0.15) is 9.49 Å². The summed E-state index contributed by atoms with van der Waals surface area (Å²) in [4.78, 5) is 19.0. The van der Waals surface area contributed by atoms with Crippen molar-refractivity contribution in [2.45, 2.75) is 78.1 Å². The largest absolute Gasteiger partial charge is 0.344 e. The van der Waals surface area contributed by atoms with Crippen molar-refractivity contribution in [1.29, 1.82) is 0 Å². The number of likely N-dealkylation sites (tertiary alicyclic amines) is 1. The van der Waals surface area contributed by atoms with Crippen LogP contribution < -0.4 is 5.32 Å². The second-order valence-corrected chi connectivity index (χ2v) is 11.5. The number of hydrogen-bond donors (Lipinski definition) is 2. The van der Waals surface area contributed by atoms with Gasteiger partial charge in [-0.1, -0.05) is 20.4 Å². The maximum atomic E-state index is 14.5. The summed E-state index contributed by atoms with van der Waals surface area (Å²) >= 11 is 0. The normalized spacial score (nSPS) is 24.0. The number of anilines is 1. The van der Waals surface area contributed by atoms with Gasteiger partial charge in [0.1, 0.15) is 5.82 Å². The van der Waals surface area contributed by atoms with E-state index >= 15 is 0 Å². The molecule has 35 heavy (non-hydrogen) atoms. The van der Waals surface area contributed by atoms with Crippen molar-refractivity contribution in [3.63, 3.8) is 0 Å². The lowest BCUT2D eigenvalue weighted by Gasteiger charge is -2.34. The van der Waals surface area contributed by atoms with Crippen LogP contribution in [0.5, 0.6) is 0 Å². The molecular formula is C28H38FN5O. The van der Waals surface area contributed by atoms with Gasteiger partial charge < -0.3 is 10.2 Å². The number of amides is 1. The van der Waals surface area contributed by atoms with E-state index in [0.29, 0.717) is 11.7 Å². The van der Waals surface area contributed by atoms with Crippen LogP contribution in [0.1, 0.15) is 76.5 Å². The molecular weight excluding hydrogens is 441 g/mol. The Bertz CT molecular complexity index is 1090. The molecule has 0 bridgehead atoms. The van der Waals surface area contributed by atoms with E-state index in [4.69, 9.17) is 0 Å². The van der Waals surface area contributed by atoms with Crippen molar-refractivity contribution < 1.29 is 9.18 Å². The number of aromatic amines is 1. The summed E-state index contributed by atoms with van der Waals surface area (Å²) < 4.78 is 14.5. The Balaban J connectivity index is 1.23. The van der Waals surface area contributed by atoms with Crippen LogP contribution in [0.4, 0.5) is 10.2 Å². The number of rotatable bonds is 5. The predicted molar refractivity (Wildman–Crippen MR) is 136 cm³/mol. The minimum atomic E-state index is -0.526. The number of H-pyrrole nitrogens is 1. The van der Waals surface area contributed by atoms with Crippen LogP contribution in [0, 0.1) is 23.2 Å². The second kappa shape index (κ2) is 9.75. The first-order chi connectivity index (χ1) is 16.8. The van der Waals surface area contributed by atoms with E-state index in [9.17, 15) is 9.18 Å². The van der Waals surface area contributed by atoms with E-state index in [-0.39, 0.29) is 17.3 Å². The quantitative estimate of drug-likeness (QED) is 0.526. The van der Waals surface area contributed by atoms with Gasteiger partial charge in [0.15, 0.2) is 0 Å². The summed E-state index contributed by atoms with van der Waals surface area (Å²) in [6, 6.07) is 3.33. The van der Waals surface area contributed by atoms with Crippen LogP contribution in [0.15, 0.2) is 24.4 Å². The summed E-state index contributed by atoms with van der Waals surface area (Å²) in [5.74, 6) is 0.663. The minimum Gasteiger partial charge on any atom is -0.344 e. The maximum absolute atomic E-state index is 14.5. The molecule has 0 radical (unpaired) electrons. The molecule has 1 amide bonds. The predicted octanol–water partition coefficient (Wildman–Crippen LogP) is 5.87. The van der Waals surface area contributed by atoms with Gasteiger partial charge in [0, 0.05) is 47.6 Å². The Morgan fingerprint density at radius 3 is 2.60 bits per heavy atom. The van der Waals surface area contributed by atoms with E-state index in [2.05, 4.69) is 45.8 Å². The van der Waals surface area contributed by atoms with E-state index in [1.165, 1.54) is 18.1 Å². The highest BCUT2D eigenvalue weighted by molar-refractivity contribution is 5.79. The van der Waals surface area contributed by atoms with Crippen LogP contribution in [0.25, 0.3) is 11.3 Å². The fraction of sp³-hybridized carbons (Fsp3) is 0.607. The summed E-state index contributed by atoms with van der Waals surface area (Å²) in [6.07, 6.45) is 10.1. The van der Waals surface area contributed by atoms with Crippen molar-refractivity contribution in [1.82, 2.24) is 20.1 Å². The number of fused-ring (bicyclic) bond motifs is 1. The molecule has 2 aliphatic carbocycles. The fourth-order valence-corrected chi connectivity index (χ4v) is 6.11. The number of pyridine rings is 1. The van der Waals surface area contributed by atoms with Crippen molar-refractivity contribution in [2.75, 3.05) is 18.4 Å². The standard InChI is InChI=1S/C28H38FN5O/c1-18(19-7-9-20(10-8-19)27(35)34-13-5-4-6-14-34)30-25-16-21(15-24(29)31-25)26-22-11-12-28(2,3)17-23(22)32-33-26/h15-16,19-20H,1,4-14,17H2,2-3H3,(H,30,31)(H,32,33). The first-order valence-electron chi connectivity index (χ1n) is 13.3. The average molecular weight is 480 g/mol. The van der Waals surface area contributed by atoms with Gasteiger partial charge in [0.05, 0.1) is 5.69 Å². The highest BCUT2D eigenvalue weighted by atomic mass is 19.1. The SMILES string of the molecule is C=C(Nc1cc(-c2n[nH]c3c2CCC(C)(C)C3)cc(F)n1)C1CCC(C(=O)N2CCCCC2)CC1. The third-order valence-corrected chi connectivity index (χ3v) is 8.25. The van der Waals surface area contributed by atoms with Crippen molar-refractivity contribution in [3.8, 4) is 11.3 Å². The molecule has 2 aromatic rings. The Morgan fingerprint density at radius 2 is 1.86 bits per heavy atom. The third-order valence-electron chi connectivity index (χ3n) is 8.25. The molecule has 1 aliphatic heterocycles. The zero-order valence-corrected chi connectivity index (χ0v) is 21.1. The zero-order valence-electron chi connectivity index (χ0n) is 21.1. The van der Waals surface area contributed by atoms with Crippen molar-refractivity contribution in [3.05, 3.63) is 41.6 Å². The average Bonchev–Trinajstić information content (AvgIpc) is 3.26. The van der Waals surface area contributed by atoms with E-state index < -0.39 is 5.95 Å². The summed E-state index contributed by atoms with van der Waals surface area (Å²) in [5.41, 5.74) is 5.01. The lowest BCUT2D eigenvalue weighted by Crippen LogP contribution is -2.41. The molecule has 7 heteroatoms. The zero-order chi connectivity index (χ0) is 24.6. The number of nitrogens with one attached hydrogen (secondary N) is 2. The fourth-order valence-electron chi connectivity index (χ4n) is 6.11. The van der Waals surface area contributed by atoms with Crippen molar-refractivity contribution >= 4 is 11.7 Å². The molecule has 0 aromatic carbocycles. The van der Waals surface area contributed by atoms with E-state index in [0.717, 1.165) is 93.5 Å². The van der Waals surface area contributed by atoms with Gasteiger partial charge in [-0.15, -0.1) is 0 Å². The summed E-state index contributed by atoms with van der Waals surface area (Å²) in [5, 5.41) is 11.0. The molecule has 6 nitrogen and oxygen atoms in total. The number of hydrogen-bond acceptors (Lipinski definition) is 4. The number of carbonyl (C=O) groups excluding carboxylic acids is 1. The number of aromatic nitrogens is 3. The van der Waals surface area contributed by atoms with E-state index in [1.54, 1.807) is 0 Å². The van der Waals surface area contributed by atoms with Crippen LogP contribution in [-0.4, -0.2) is 39.1 Å². The topological polar surface area (TPSA) is 73.9 Å². The lowest BCUT2D eigenvalue weighted by atomic mass is 9.76. The molecule has 5 rings (SSSR count). The summed E-state index contributed by atoms with van der Waals surface area (Å²) in [7, 11) is 0. The molecule has 188 valence electrons. The van der Waals surface area contributed by atoms with Crippen LogP contribution >= 0.6 is 0 Å². The third kappa shape index (κ3) is 5.29. The number of halogens is 1. The number of nitrogens with zero attached hydrogens (tertiary/aromatic N) is 3. The highest BCUT2D eigenvalue weighted by Crippen LogP contribution is 2.39. The number of carbonyl (C=O) groups is 1. The van der Waals surface area contributed by atoms with E-state index in [1.807, 2.05) is 6.07 Å². The van der Waals surface area contributed by atoms with Gasteiger partial charge in [-0.3, -0.25) is 9.89 Å². The Kier molecular flexibility index (Phi) is 6.69. The lowest BCUT2D eigenvalue weighted by molar-refractivity contribution is -0.137. The van der Waals surface area contributed by atoms with Gasteiger partial charge >= 0.3 is 0 Å². The number of allylic oxidation sites excluding steroid dienone is 1. The Hall–Kier alpha value is -2.70. The molecule has 0 unspecified atom stereocenters. The van der Waals surface area contributed by atoms with Gasteiger partial charge in [0.2, 0.25) is 11.9 Å². The Labute approximate surface area is 207 Å². The second-order valence-electron chi connectivity index (χ2n) is 11.5. The molecule has 3 aliphatic rings. The van der Waals surface area contributed by atoms with Crippen LogP contribution in [-0.2, 0) is 17.6 Å². The van der Waals surface area contributed by atoms with Gasteiger partial charge in [0.25, 0.3) is 0 Å². The van der Waals surface area contributed by atoms with Crippen LogP contribution in [0.2, 0.25) is 0 Å². The molecule has 1 saturated carbocycles. The first-order valence-corrected chi connectivity index (χ1v) is 13.3. The van der Waals surface area contributed by atoms with Crippen LogP contribution in [0.3, 0.4) is 0 Å². The molecule has 1 saturated heterocycles. The maximum Gasteiger partial charge on any atom is 0.225 e. The molecule has 2 aromatic heterocycles. The van der Waals surface area contributed by atoms with Crippen molar-refractivity contribution in [2.24, 2.45) is 17.3 Å². The highest BCUT2D eigenvalue weighted by Gasteiger charge is 2.32. The Morgan fingerprint density at radius 1 is 1.14 bits per heavy atom. The van der Waals surface area contributed by atoms with Gasteiger partial charge in [-0.05, 0) is 81.6 Å². The molecule has 2 N–H and O–H groups in total. The monoisotopic (exact) mass is 479 g/mol. The minimum absolute atomic E-state index is 0.131. The summed E-state index contributed by atoms with van der Waals surface area (Å²) in [6.45, 7) is 10.6.